The molecule has 1 amide bonds. The monoisotopic (exact) mass is 298 g/mol. The van der Waals surface area contributed by atoms with E-state index < -0.39 is 6.10 Å². The van der Waals surface area contributed by atoms with Crippen LogP contribution in [-0.4, -0.2) is 29.1 Å². The molecule has 112 valence electrons. The van der Waals surface area contributed by atoms with E-state index in [1.54, 1.807) is 19.1 Å². The molecule has 4 nitrogen and oxygen atoms in total. The summed E-state index contributed by atoms with van der Waals surface area (Å²) >= 11 is 6.02. The van der Waals surface area contributed by atoms with Gasteiger partial charge in [-0.2, -0.15) is 0 Å². The molecule has 2 unspecified atom stereocenters. The Kier molecular flexibility index (Phi) is 5.99. The molecule has 0 bridgehead atoms. The fourth-order valence-electron chi connectivity index (χ4n) is 1.71. The largest absolute Gasteiger partial charge is 0.387 e. The number of amides is 1. The lowest BCUT2D eigenvalue weighted by Gasteiger charge is -2.24. The van der Waals surface area contributed by atoms with E-state index in [2.05, 4.69) is 10.6 Å². The van der Waals surface area contributed by atoms with Crippen molar-refractivity contribution in [2.24, 2.45) is 0 Å². The average Bonchev–Trinajstić information content (AvgIpc) is 2.34. The van der Waals surface area contributed by atoms with Crippen LogP contribution in [0.25, 0.3) is 0 Å². The molecule has 20 heavy (non-hydrogen) atoms. The molecule has 0 aromatic heterocycles. The summed E-state index contributed by atoms with van der Waals surface area (Å²) in [6.45, 7) is 7.81. The second-order valence-electron chi connectivity index (χ2n) is 5.91. The summed E-state index contributed by atoms with van der Waals surface area (Å²) in [5.41, 5.74) is 0.388. The Labute approximate surface area is 125 Å². The van der Waals surface area contributed by atoms with E-state index in [1.807, 2.05) is 32.9 Å². The van der Waals surface area contributed by atoms with Gasteiger partial charge in [0.25, 0.3) is 0 Å². The van der Waals surface area contributed by atoms with Gasteiger partial charge in [-0.25, -0.2) is 0 Å². The minimum Gasteiger partial charge on any atom is -0.387 e. The maximum atomic E-state index is 11.9. The zero-order chi connectivity index (χ0) is 15.3. The van der Waals surface area contributed by atoms with Crippen LogP contribution in [0.5, 0.6) is 0 Å². The van der Waals surface area contributed by atoms with Crippen LogP contribution in [0, 0.1) is 0 Å². The molecule has 1 rings (SSSR count). The van der Waals surface area contributed by atoms with Crippen LogP contribution in [0.2, 0.25) is 5.02 Å². The SMILES string of the molecule is CC(NCC(O)c1ccccc1Cl)C(=O)NC(C)(C)C. The maximum absolute atomic E-state index is 11.9. The van der Waals surface area contributed by atoms with Crippen LogP contribution >= 0.6 is 11.6 Å². The van der Waals surface area contributed by atoms with Crippen molar-refractivity contribution in [1.82, 2.24) is 10.6 Å². The van der Waals surface area contributed by atoms with Crippen LogP contribution in [0.1, 0.15) is 39.4 Å². The molecule has 0 heterocycles. The summed E-state index contributed by atoms with van der Waals surface area (Å²) in [7, 11) is 0. The highest BCUT2D eigenvalue weighted by Gasteiger charge is 2.20. The van der Waals surface area contributed by atoms with Crippen molar-refractivity contribution in [3.8, 4) is 0 Å². The maximum Gasteiger partial charge on any atom is 0.237 e. The van der Waals surface area contributed by atoms with Crippen molar-refractivity contribution in [2.75, 3.05) is 6.54 Å². The molecule has 5 heteroatoms. The van der Waals surface area contributed by atoms with Gasteiger partial charge in [0.15, 0.2) is 0 Å². The first-order valence-electron chi connectivity index (χ1n) is 6.68. The molecule has 0 aliphatic carbocycles. The number of nitrogens with one attached hydrogen (secondary N) is 2. The first kappa shape index (κ1) is 17.0. The highest BCUT2D eigenvalue weighted by Crippen LogP contribution is 2.21. The molecule has 0 aliphatic rings. The van der Waals surface area contributed by atoms with Gasteiger partial charge in [-0.05, 0) is 33.8 Å². The van der Waals surface area contributed by atoms with E-state index in [9.17, 15) is 9.90 Å². The molecule has 1 aromatic carbocycles. The minimum absolute atomic E-state index is 0.0936. The third kappa shape index (κ3) is 5.49. The fraction of sp³-hybridized carbons (Fsp3) is 0.533. The molecular weight excluding hydrogens is 276 g/mol. The number of rotatable bonds is 5. The summed E-state index contributed by atoms with van der Waals surface area (Å²) in [6.07, 6.45) is -0.742. The molecule has 2 atom stereocenters. The Morgan fingerprint density at radius 2 is 1.95 bits per heavy atom. The number of benzene rings is 1. The number of carbonyl (C=O) groups is 1. The number of hydrogen-bond donors (Lipinski definition) is 3. The lowest BCUT2D eigenvalue weighted by molar-refractivity contribution is -0.124. The predicted molar refractivity (Wildman–Crippen MR) is 81.8 cm³/mol. The minimum atomic E-state index is -0.742. The van der Waals surface area contributed by atoms with E-state index in [0.29, 0.717) is 10.6 Å². The van der Waals surface area contributed by atoms with Gasteiger partial charge in [-0.1, -0.05) is 29.8 Å². The normalized spacial score (nSPS) is 14.7. The van der Waals surface area contributed by atoms with E-state index in [1.165, 1.54) is 0 Å². The Hall–Kier alpha value is -1.10. The van der Waals surface area contributed by atoms with Crippen molar-refractivity contribution in [1.29, 1.82) is 0 Å². The summed E-state index contributed by atoms with van der Waals surface area (Å²) in [4.78, 5) is 11.9. The van der Waals surface area contributed by atoms with Crippen molar-refractivity contribution >= 4 is 17.5 Å². The van der Waals surface area contributed by atoms with Crippen LogP contribution < -0.4 is 10.6 Å². The van der Waals surface area contributed by atoms with Gasteiger partial charge in [0.05, 0.1) is 12.1 Å². The third-order valence-corrected chi connectivity index (χ3v) is 3.12. The van der Waals surface area contributed by atoms with Crippen molar-refractivity contribution in [3.05, 3.63) is 34.9 Å². The second kappa shape index (κ2) is 7.07. The van der Waals surface area contributed by atoms with Gasteiger partial charge < -0.3 is 15.7 Å². The van der Waals surface area contributed by atoms with Gasteiger partial charge in [0, 0.05) is 22.7 Å². The van der Waals surface area contributed by atoms with Gasteiger partial charge in [-0.15, -0.1) is 0 Å². The van der Waals surface area contributed by atoms with Crippen LogP contribution in [0.3, 0.4) is 0 Å². The van der Waals surface area contributed by atoms with Crippen molar-refractivity contribution < 1.29 is 9.90 Å². The van der Waals surface area contributed by atoms with Gasteiger partial charge in [0.2, 0.25) is 5.91 Å². The van der Waals surface area contributed by atoms with Crippen molar-refractivity contribution in [2.45, 2.75) is 45.4 Å². The fourth-order valence-corrected chi connectivity index (χ4v) is 1.98. The lowest BCUT2D eigenvalue weighted by Crippen LogP contribution is -2.50. The number of aliphatic hydroxyl groups is 1. The van der Waals surface area contributed by atoms with Gasteiger partial charge in [-0.3, -0.25) is 4.79 Å². The first-order valence-corrected chi connectivity index (χ1v) is 7.06. The lowest BCUT2D eigenvalue weighted by atomic mass is 10.1. The summed E-state index contributed by atoms with van der Waals surface area (Å²) in [5, 5.41) is 16.5. The standard InChI is InChI=1S/C15H23ClN2O2/c1-10(14(20)18-15(2,3)4)17-9-13(19)11-7-5-6-8-12(11)16/h5-8,10,13,17,19H,9H2,1-4H3,(H,18,20). The second-order valence-corrected chi connectivity index (χ2v) is 6.31. The highest BCUT2D eigenvalue weighted by atomic mass is 35.5. The van der Waals surface area contributed by atoms with Crippen LogP contribution in [0.4, 0.5) is 0 Å². The number of carbonyl (C=O) groups excluding carboxylic acids is 1. The van der Waals surface area contributed by atoms with Gasteiger partial charge >= 0.3 is 0 Å². The van der Waals surface area contributed by atoms with Gasteiger partial charge in [0.1, 0.15) is 0 Å². The molecule has 0 fully saturated rings. The molecule has 0 saturated heterocycles. The molecule has 0 aliphatic heterocycles. The number of halogens is 1. The molecular formula is C15H23ClN2O2. The predicted octanol–water partition coefficient (Wildman–Crippen LogP) is 2.27. The Bertz CT molecular complexity index is 457. The first-order chi connectivity index (χ1) is 9.20. The number of hydrogen-bond acceptors (Lipinski definition) is 3. The molecule has 0 radical (unpaired) electrons. The Morgan fingerprint density at radius 3 is 2.50 bits per heavy atom. The topological polar surface area (TPSA) is 61.4 Å². The smallest absolute Gasteiger partial charge is 0.237 e. The number of aliphatic hydroxyl groups excluding tert-OH is 1. The quantitative estimate of drug-likeness (QED) is 0.781. The molecule has 0 spiro atoms. The highest BCUT2D eigenvalue weighted by molar-refractivity contribution is 6.31. The Balaban J connectivity index is 2.51. The average molecular weight is 299 g/mol. The van der Waals surface area contributed by atoms with Crippen molar-refractivity contribution in [3.63, 3.8) is 0 Å². The van der Waals surface area contributed by atoms with Crippen LogP contribution in [-0.2, 0) is 4.79 Å². The molecule has 0 saturated carbocycles. The van der Waals surface area contributed by atoms with E-state index >= 15 is 0 Å². The Morgan fingerprint density at radius 1 is 1.35 bits per heavy atom. The van der Waals surface area contributed by atoms with Crippen LogP contribution in [0.15, 0.2) is 24.3 Å². The summed E-state index contributed by atoms with van der Waals surface area (Å²) in [6, 6.07) is 6.75. The van der Waals surface area contributed by atoms with E-state index in [4.69, 9.17) is 11.6 Å². The molecule has 1 aromatic rings. The zero-order valence-electron chi connectivity index (χ0n) is 12.4. The summed E-state index contributed by atoms with van der Waals surface area (Å²) in [5.74, 6) is -0.0936. The zero-order valence-corrected chi connectivity index (χ0v) is 13.2. The third-order valence-electron chi connectivity index (χ3n) is 2.77. The van der Waals surface area contributed by atoms with E-state index in [-0.39, 0.29) is 24.0 Å². The molecule has 3 N–H and O–H groups in total. The summed E-state index contributed by atoms with van der Waals surface area (Å²) < 4.78 is 0. The van der Waals surface area contributed by atoms with E-state index in [0.717, 1.165) is 0 Å².